The predicted octanol–water partition coefficient (Wildman–Crippen LogP) is 5.10. The lowest BCUT2D eigenvalue weighted by atomic mass is 10.1. The lowest BCUT2D eigenvalue weighted by molar-refractivity contribution is 1.79. The van der Waals surface area contributed by atoms with Crippen LogP contribution in [-0.2, 0) is 0 Å². The highest BCUT2D eigenvalue weighted by Crippen LogP contribution is 2.39. The van der Waals surface area contributed by atoms with E-state index in [0.29, 0.717) is 0 Å². The number of nitrogens with two attached hydrogens (primary N) is 1. The first-order chi connectivity index (χ1) is 9.33. The van der Waals surface area contributed by atoms with E-state index in [1.807, 2.05) is 6.07 Å². The Labute approximate surface area is 123 Å². The Morgan fingerprint density at radius 3 is 1.95 bits per heavy atom. The summed E-state index contributed by atoms with van der Waals surface area (Å²) < 4.78 is 0. The molecule has 0 unspecified atom stereocenters. The Balaban J connectivity index is 0.00000121. The van der Waals surface area contributed by atoms with Crippen molar-refractivity contribution in [2.75, 3.05) is 5.73 Å². The fourth-order valence-electron chi connectivity index (χ4n) is 2.86. The van der Waals surface area contributed by atoms with Gasteiger partial charge < -0.3 is 5.73 Å². The number of hydrogen-bond acceptors (Lipinski definition) is 1. The molecule has 0 spiro atoms. The maximum atomic E-state index is 6.31. The highest BCUT2D eigenvalue weighted by atomic mass is 35.5. The van der Waals surface area contributed by atoms with E-state index in [0.717, 1.165) is 11.3 Å². The monoisotopic (exact) mass is 279 g/mol. The summed E-state index contributed by atoms with van der Waals surface area (Å²) in [5, 5.41) is 4.88. The Kier molecular flexibility index (Phi) is 3.00. The molecule has 0 aromatic heterocycles. The highest BCUT2D eigenvalue weighted by molar-refractivity contribution is 6.08. The molecule has 0 saturated carbocycles. The van der Waals surface area contributed by atoms with Gasteiger partial charge in [0.2, 0.25) is 0 Å². The van der Waals surface area contributed by atoms with Gasteiger partial charge in [0.15, 0.2) is 0 Å². The molecular formula is C18H14ClN. The second-order valence-corrected chi connectivity index (χ2v) is 4.93. The van der Waals surface area contributed by atoms with Gasteiger partial charge in [0.25, 0.3) is 0 Å². The van der Waals surface area contributed by atoms with Crippen LogP contribution < -0.4 is 5.73 Å². The molecule has 0 radical (unpaired) electrons. The number of benzene rings is 2. The maximum absolute atomic E-state index is 6.31. The largest absolute Gasteiger partial charge is 0.398 e. The first-order valence-corrected chi connectivity index (χ1v) is 6.43. The van der Waals surface area contributed by atoms with Gasteiger partial charge in [0.05, 0.1) is 0 Å². The summed E-state index contributed by atoms with van der Waals surface area (Å²) in [5.74, 6) is 0. The van der Waals surface area contributed by atoms with Crippen molar-refractivity contribution in [3.63, 3.8) is 0 Å². The molecule has 2 heteroatoms. The van der Waals surface area contributed by atoms with Crippen molar-refractivity contribution < 1.29 is 0 Å². The molecular weight excluding hydrogens is 266 g/mol. The van der Waals surface area contributed by atoms with Crippen molar-refractivity contribution in [1.29, 1.82) is 0 Å². The molecule has 0 saturated heterocycles. The van der Waals surface area contributed by atoms with Gasteiger partial charge in [-0.05, 0) is 45.3 Å². The molecule has 98 valence electrons. The van der Waals surface area contributed by atoms with E-state index in [4.69, 9.17) is 5.73 Å². The zero-order chi connectivity index (χ0) is 12.8. The molecule has 20 heavy (non-hydrogen) atoms. The smallest absolute Gasteiger partial charge is 0.0406 e. The van der Waals surface area contributed by atoms with Crippen LogP contribution in [0.15, 0.2) is 66.7 Å². The molecule has 0 heterocycles. The van der Waals surface area contributed by atoms with Gasteiger partial charge in [0.1, 0.15) is 0 Å². The minimum atomic E-state index is 0. The summed E-state index contributed by atoms with van der Waals surface area (Å²) >= 11 is 0. The van der Waals surface area contributed by atoms with E-state index in [2.05, 4.69) is 60.7 Å². The summed E-state index contributed by atoms with van der Waals surface area (Å²) in [6.45, 7) is 0. The van der Waals surface area contributed by atoms with Crippen LogP contribution in [0, 0.1) is 0 Å². The van der Waals surface area contributed by atoms with Crippen molar-refractivity contribution in [3.8, 4) is 11.1 Å². The van der Waals surface area contributed by atoms with Gasteiger partial charge in [-0.3, -0.25) is 0 Å². The summed E-state index contributed by atoms with van der Waals surface area (Å²) in [6.07, 6.45) is 0. The van der Waals surface area contributed by atoms with Crippen molar-refractivity contribution in [1.82, 2.24) is 0 Å². The van der Waals surface area contributed by atoms with Crippen molar-refractivity contribution >= 4 is 39.6 Å². The van der Waals surface area contributed by atoms with Crippen molar-refractivity contribution in [3.05, 3.63) is 66.7 Å². The third kappa shape index (κ3) is 1.79. The summed E-state index contributed by atoms with van der Waals surface area (Å²) in [7, 11) is 0. The normalized spacial score (nSPS) is 10.8. The van der Waals surface area contributed by atoms with Gasteiger partial charge >= 0.3 is 0 Å². The summed E-state index contributed by atoms with van der Waals surface area (Å²) in [5.41, 5.74) is 9.52. The van der Waals surface area contributed by atoms with Crippen molar-refractivity contribution in [2.24, 2.45) is 0 Å². The molecule has 2 aromatic carbocycles. The van der Waals surface area contributed by atoms with Crippen LogP contribution in [0.5, 0.6) is 0 Å². The molecule has 2 aromatic rings. The molecule has 4 rings (SSSR count). The topological polar surface area (TPSA) is 26.0 Å². The first kappa shape index (κ1) is 12.8. The van der Waals surface area contributed by atoms with Gasteiger partial charge in [-0.25, -0.2) is 0 Å². The van der Waals surface area contributed by atoms with E-state index in [-0.39, 0.29) is 12.4 Å². The number of halogens is 1. The molecule has 2 aliphatic rings. The highest BCUT2D eigenvalue weighted by Gasteiger charge is 2.12. The lowest BCUT2D eigenvalue weighted by Crippen LogP contribution is -1.84. The maximum Gasteiger partial charge on any atom is 0.0406 e. The number of hydrogen-bond donors (Lipinski definition) is 1. The standard InChI is InChI=1S/C18H13N.ClH/c19-17-11-13-6-2-1-5-12(13)9-15-10-14-7-3-4-8-16(14)18(15)17;/h1-11H,19H2;1H. The van der Waals surface area contributed by atoms with Crippen molar-refractivity contribution in [2.45, 2.75) is 0 Å². The van der Waals surface area contributed by atoms with E-state index in [1.54, 1.807) is 0 Å². The van der Waals surface area contributed by atoms with E-state index < -0.39 is 0 Å². The van der Waals surface area contributed by atoms with Gasteiger partial charge in [-0.2, -0.15) is 0 Å². The van der Waals surface area contributed by atoms with Crippen LogP contribution in [0.25, 0.3) is 32.7 Å². The zero-order valence-corrected chi connectivity index (χ0v) is 11.7. The second kappa shape index (κ2) is 4.69. The second-order valence-electron chi connectivity index (χ2n) is 4.93. The Bertz CT molecular complexity index is 883. The van der Waals surface area contributed by atoms with E-state index >= 15 is 0 Å². The molecule has 2 N–H and O–H groups in total. The first-order valence-electron chi connectivity index (χ1n) is 6.43. The van der Waals surface area contributed by atoms with Gasteiger partial charge in [-0.1, -0.05) is 48.5 Å². The molecule has 0 aliphatic heterocycles. The number of rotatable bonds is 0. The quantitative estimate of drug-likeness (QED) is 0.476. The van der Waals surface area contributed by atoms with E-state index in [1.165, 1.54) is 27.1 Å². The SMILES string of the molecule is Cl.Nc1cc2ccccc2cc2cc3ccccc3c1-2. The number of anilines is 1. The fraction of sp³-hybridized carbons (Fsp3) is 0. The Morgan fingerprint density at radius 2 is 1.20 bits per heavy atom. The number of fused-ring (bicyclic) bond motifs is 4. The van der Waals surface area contributed by atoms with Crippen LogP contribution in [0.4, 0.5) is 5.69 Å². The Morgan fingerprint density at radius 1 is 0.650 bits per heavy atom. The summed E-state index contributed by atoms with van der Waals surface area (Å²) in [4.78, 5) is 0. The van der Waals surface area contributed by atoms with Crippen LogP contribution >= 0.6 is 12.4 Å². The zero-order valence-electron chi connectivity index (χ0n) is 10.8. The lowest BCUT2D eigenvalue weighted by Gasteiger charge is -1.98. The molecule has 0 fully saturated rings. The fourth-order valence-corrected chi connectivity index (χ4v) is 2.86. The molecule has 1 nitrogen and oxygen atoms in total. The van der Waals surface area contributed by atoms with Crippen LogP contribution in [-0.4, -0.2) is 0 Å². The predicted molar refractivity (Wildman–Crippen MR) is 89.7 cm³/mol. The average molecular weight is 280 g/mol. The number of nitrogen functional groups attached to an aromatic ring is 1. The molecule has 0 atom stereocenters. The Hall–Kier alpha value is -2.25. The third-order valence-corrected chi connectivity index (χ3v) is 3.74. The van der Waals surface area contributed by atoms with Crippen LogP contribution in [0.3, 0.4) is 0 Å². The minimum absolute atomic E-state index is 0. The van der Waals surface area contributed by atoms with Crippen LogP contribution in [0.2, 0.25) is 0 Å². The van der Waals surface area contributed by atoms with Crippen LogP contribution in [0.1, 0.15) is 0 Å². The molecule has 0 bridgehead atoms. The molecule has 2 aliphatic carbocycles. The third-order valence-electron chi connectivity index (χ3n) is 3.74. The van der Waals surface area contributed by atoms with Gasteiger partial charge in [-0.15, -0.1) is 12.4 Å². The summed E-state index contributed by atoms with van der Waals surface area (Å²) in [6, 6.07) is 23.3. The average Bonchev–Trinajstić information content (AvgIpc) is 2.72. The van der Waals surface area contributed by atoms with Gasteiger partial charge in [0, 0.05) is 11.3 Å². The van der Waals surface area contributed by atoms with E-state index in [9.17, 15) is 0 Å². The molecule has 0 amide bonds. The minimum Gasteiger partial charge on any atom is -0.398 e.